The van der Waals surface area contributed by atoms with Crippen LogP contribution in [-0.2, 0) is 27.9 Å². The predicted molar refractivity (Wildman–Crippen MR) is 323 cm³/mol. The van der Waals surface area contributed by atoms with Crippen LogP contribution in [-0.4, -0.2) is 74.3 Å². The minimum Gasteiger partial charge on any atom is -0.456 e. The van der Waals surface area contributed by atoms with Crippen LogP contribution in [0.2, 0.25) is 0 Å². The van der Waals surface area contributed by atoms with Crippen LogP contribution in [0.5, 0.6) is 0 Å². The number of unbranched alkanes of at least 4 members (excludes halogenated alkanes) is 42. The van der Waals surface area contributed by atoms with Crippen LogP contribution in [0.1, 0.15) is 329 Å². The lowest BCUT2D eigenvalue weighted by atomic mass is 10.0. The average Bonchev–Trinajstić information content (AvgIpc) is 3.37. The van der Waals surface area contributed by atoms with E-state index in [1.54, 1.807) is 0 Å². The molecule has 0 aliphatic rings. The largest absolute Gasteiger partial charge is 0.472 e. The Bertz CT molecular complexity index is 1340. The molecule has 0 saturated carbocycles. The van der Waals surface area contributed by atoms with Crippen molar-refractivity contribution < 1.29 is 37.3 Å². The Kier molecular flexibility index (Phi) is 54.7. The van der Waals surface area contributed by atoms with Crippen LogP contribution in [0.15, 0.2) is 24.3 Å². The molecule has 0 aromatic rings. The fourth-order valence-corrected chi connectivity index (χ4v) is 10.6. The van der Waals surface area contributed by atoms with E-state index >= 15 is 0 Å². The monoisotopic (exact) mass is 1080 g/mol. The Morgan fingerprint density at radius 3 is 1.13 bits per heavy atom. The highest BCUT2D eigenvalue weighted by atomic mass is 31.2. The minimum atomic E-state index is -4.44. The number of carbonyl (C=O) groups excluding carboxylic acids is 2. The summed E-state index contributed by atoms with van der Waals surface area (Å²) in [5.74, 6) is -0.487. The van der Waals surface area contributed by atoms with Gasteiger partial charge in [-0.3, -0.25) is 18.6 Å². The van der Waals surface area contributed by atoms with E-state index in [4.69, 9.17) is 13.8 Å². The number of rotatable bonds is 60. The van der Waals surface area contributed by atoms with Gasteiger partial charge in [0.05, 0.1) is 33.8 Å². The first kappa shape index (κ1) is 73.5. The number of esters is 1. The zero-order valence-electron chi connectivity index (χ0n) is 50.8. The molecule has 0 radical (unpaired) electrons. The lowest BCUT2D eigenvalue weighted by molar-refractivity contribution is -0.870. The molecule has 2 N–H and O–H groups in total. The van der Waals surface area contributed by atoms with Gasteiger partial charge in [0.25, 0.3) is 0 Å². The first-order valence-corrected chi connectivity index (χ1v) is 34.2. The fraction of sp³-hybridized carbons (Fsp3) is 0.908. The van der Waals surface area contributed by atoms with Gasteiger partial charge >= 0.3 is 13.8 Å². The highest BCUT2D eigenvalue weighted by Gasteiger charge is 2.30. The van der Waals surface area contributed by atoms with E-state index in [-0.39, 0.29) is 25.1 Å². The van der Waals surface area contributed by atoms with Crippen molar-refractivity contribution in [2.45, 2.75) is 341 Å². The standard InChI is InChI=1S/C65H127N2O7P/c1-7-10-13-16-19-22-25-28-29-30-31-32-33-34-35-36-37-40-43-46-49-52-55-58-65(69)74-63(56-53-50-47-44-41-38-26-23-20-17-14-11-8-2)62(61-73-75(70,71)72-60-59-67(4,5)6)66-64(68)57-54-51-48-45-42-39-27-24-21-18-15-12-9-3/h28-29,53,56,62-63H,7-27,30-52,54-55,57-61H2,1-6H3,(H-,66,68,70,71)/p+1/b29-28+,56-53+. The molecular formula is C65H128N2O7P+. The van der Waals surface area contributed by atoms with Crippen LogP contribution in [0, 0.1) is 0 Å². The Morgan fingerprint density at radius 1 is 0.453 bits per heavy atom. The summed E-state index contributed by atoms with van der Waals surface area (Å²) in [6.07, 6.45) is 66.0. The Labute approximate surface area is 466 Å². The summed E-state index contributed by atoms with van der Waals surface area (Å²) in [4.78, 5) is 37.7. The zero-order valence-corrected chi connectivity index (χ0v) is 51.7. The molecule has 0 bridgehead atoms. The lowest BCUT2D eigenvalue weighted by Gasteiger charge is -2.27. The van der Waals surface area contributed by atoms with Crippen molar-refractivity contribution in [1.82, 2.24) is 5.32 Å². The van der Waals surface area contributed by atoms with E-state index in [9.17, 15) is 19.0 Å². The number of hydrogen-bond acceptors (Lipinski definition) is 6. The SMILES string of the molecule is CCCCCCCC/C=C/CCCCCCCCCCCCCCCC(=O)OC(/C=C/CCCCCCCCCCCCC)C(COP(=O)(O)OCC[N+](C)(C)C)NC(=O)CCCCCCCCCCCCCCC. The number of carbonyl (C=O) groups is 2. The van der Waals surface area contributed by atoms with Crippen LogP contribution < -0.4 is 5.32 Å². The van der Waals surface area contributed by atoms with E-state index in [1.165, 1.54) is 238 Å². The van der Waals surface area contributed by atoms with E-state index in [0.29, 0.717) is 23.9 Å². The first-order valence-electron chi connectivity index (χ1n) is 32.7. The molecule has 0 spiro atoms. The third-order valence-electron chi connectivity index (χ3n) is 14.9. The van der Waals surface area contributed by atoms with Crippen molar-refractivity contribution >= 4 is 19.7 Å². The Hall–Kier alpha value is -1.51. The fourth-order valence-electron chi connectivity index (χ4n) is 9.82. The number of phosphoric acid groups is 1. The second-order valence-electron chi connectivity index (χ2n) is 23.6. The maximum absolute atomic E-state index is 13.5. The molecule has 0 aromatic heterocycles. The van der Waals surface area contributed by atoms with Gasteiger partial charge in [0, 0.05) is 12.8 Å². The van der Waals surface area contributed by atoms with Gasteiger partial charge < -0.3 is 19.4 Å². The number of allylic oxidation sites excluding steroid dienone is 3. The molecule has 0 rings (SSSR count). The molecule has 1 amide bonds. The molecule has 9 nitrogen and oxygen atoms in total. The number of quaternary nitrogens is 1. The number of nitrogens with zero attached hydrogens (tertiary/aromatic N) is 1. The number of amides is 1. The van der Waals surface area contributed by atoms with Crippen LogP contribution in [0.4, 0.5) is 0 Å². The quantitative estimate of drug-likeness (QED) is 0.0205. The van der Waals surface area contributed by atoms with Crippen molar-refractivity contribution in [3.8, 4) is 0 Å². The maximum Gasteiger partial charge on any atom is 0.472 e. The average molecular weight is 1080 g/mol. The zero-order chi connectivity index (χ0) is 55.0. The third-order valence-corrected chi connectivity index (χ3v) is 15.9. The summed E-state index contributed by atoms with van der Waals surface area (Å²) in [5.41, 5.74) is 0. The molecule has 444 valence electrons. The van der Waals surface area contributed by atoms with E-state index in [2.05, 4.69) is 38.2 Å². The summed E-state index contributed by atoms with van der Waals surface area (Å²) in [7, 11) is 1.51. The molecule has 0 heterocycles. The minimum absolute atomic E-state index is 0.0443. The maximum atomic E-state index is 13.5. The van der Waals surface area contributed by atoms with Gasteiger partial charge in [-0.15, -0.1) is 0 Å². The smallest absolute Gasteiger partial charge is 0.456 e. The van der Waals surface area contributed by atoms with Gasteiger partial charge in [-0.25, -0.2) is 4.57 Å². The molecule has 75 heavy (non-hydrogen) atoms. The van der Waals surface area contributed by atoms with Gasteiger partial charge in [0.2, 0.25) is 5.91 Å². The summed E-state index contributed by atoms with van der Waals surface area (Å²) >= 11 is 0. The lowest BCUT2D eigenvalue weighted by Crippen LogP contribution is -2.47. The molecule has 0 aliphatic carbocycles. The Morgan fingerprint density at radius 2 is 0.773 bits per heavy atom. The van der Waals surface area contributed by atoms with Gasteiger partial charge in [-0.1, -0.05) is 283 Å². The van der Waals surface area contributed by atoms with Gasteiger partial charge in [-0.2, -0.15) is 0 Å². The van der Waals surface area contributed by atoms with Crippen molar-refractivity contribution in [2.75, 3.05) is 40.9 Å². The van der Waals surface area contributed by atoms with Crippen LogP contribution in [0.25, 0.3) is 0 Å². The number of likely N-dealkylation sites (N-methyl/N-ethyl adjacent to an activating group) is 1. The Balaban J connectivity index is 5.12. The second kappa shape index (κ2) is 55.8. The molecular weight excluding hydrogens is 952 g/mol. The summed E-state index contributed by atoms with van der Waals surface area (Å²) in [5, 5.41) is 3.06. The molecule has 3 unspecified atom stereocenters. The molecule has 0 saturated heterocycles. The summed E-state index contributed by atoms with van der Waals surface area (Å²) in [6.45, 7) is 7.06. The number of phosphoric ester groups is 1. The topological polar surface area (TPSA) is 111 Å². The van der Waals surface area contributed by atoms with Gasteiger partial charge in [0.1, 0.15) is 19.3 Å². The molecule has 3 atom stereocenters. The van der Waals surface area contributed by atoms with Crippen molar-refractivity contribution in [2.24, 2.45) is 0 Å². The van der Waals surface area contributed by atoms with Gasteiger partial charge in [0.15, 0.2) is 0 Å². The highest BCUT2D eigenvalue weighted by Crippen LogP contribution is 2.43. The van der Waals surface area contributed by atoms with Crippen molar-refractivity contribution in [3.05, 3.63) is 24.3 Å². The van der Waals surface area contributed by atoms with Crippen molar-refractivity contribution in [3.63, 3.8) is 0 Å². The molecule has 0 aromatic carbocycles. The van der Waals surface area contributed by atoms with E-state index in [1.807, 2.05) is 33.3 Å². The summed E-state index contributed by atoms with van der Waals surface area (Å²) in [6, 6.07) is -0.841. The van der Waals surface area contributed by atoms with Gasteiger partial charge in [-0.05, 0) is 57.4 Å². The third kappa shape index (κ3) is 57.0. The number of nitrogens with one attached hydrogen (secondary N) is 1. The predicted octanol–water partition coefficient (Wildman–Crippen LogP) is 20.1. The van der Waals surface area contributed by atoms with Crippen molar-refractivity contribution in [1.29, 1.82) is 0 Å². The number of ether oxygens (including phenoxy) is 1. The molecule has 10 heteroatoms. The normalized spacial score (nSPS) is 13.7. The number of hydrogen-bond donors (Lipinski definition) is 2. The van der Waals surface area contributed by atoms with Crippen LogP contribution >= 0.6 is 7.82 Å². The highest BCUT2D eigenvalue weighted by molar-refractivity contribution is 7.47. The molecule has 0 fully saturated rings. The first-order chi connectivity index (χ1) is 36.4. The van der Waals surface area contributed by atoms with E-state index in [0.717, 1.165) is 57.8 Å². The van der Waals surface area contributed by atoms with E-state index < -0.39 is 20.0 Å². The molecule has 0 aliphatic heterocycles. The van der Waals surface area contributed by atoms with Crippen LogP contribution in [0.3, 0.4) is 0 Å². The second-order valence-corrected chi connectivity index (χ2v) is 25.1. The summed E-state index contributed by atoms with van der Waals surface area (Å²) < 4.78 is 30.7.